The van der Waals surface area contributed by atoms with Crippen LogP contribution in [0.1, 0.15) is 31.4 Å². The fourth-order valence-electron chi connectivity index (χ4n) is 1.93. The lowest BCUT2D eigenvalue weighted by atomic mass is 10.1. The standard InChI is InChI=1S/C13H18ClNOS/c1-9(15)12-5-4-11(7-13(12)14)17-8-10-3-2-6-16-10/h4-5,7,9-10H,2-3,6,8,15H2,1H3. The van der Waals surface area contributed by atoms with Crippen LogP contribution in [-0.2, 0) is 4.74 Å². The Kier molecular flexibility index (Phi) is 4.74. The van der Waals surface area contributed by atoms with E-state index < -0.39 is 0 Å². The minimum atomic E-state index is -0.0142. The molecule has 94 valence electrons. The van der Waals surface area contributed by atoms with Crippen molar-refractivity contribution in [1.82, 2.24) is 0 Å². The van der Waals surface area contributed by atoms with Crippen molar-refractivity contribution >= 4 is 23.4 Å². The Bertz CT molecular complexity index is 378. The van der Waals surface area contributed by atoms with Gasteiger partial charge in [0.1, 0.15) is 0 Å². The second-order valence-electron chi connectivity index (χ2n) is 4.42. The van der Waals surface area contributed by atoms with Gasteiger partial charge >= 0.3 is 0 Å². The molecule has 1 aromatic rings. The van der Waals surface area contributed by atoms with Gasteiger partial charge in [-0.05, 0) is 37.5 Å². The first-order valence-corrected chi connectivity index (χ1v) is 7.32. The van der Waals surface area contributed by atoms with E-state index in [9.17, 15) is 0 Å². The third kappa shape index (κ3) is 3.62. The Morgan fingerprint density at radius 1 is 1.59 bits per heavy atom. The highest BCUT2D eigenvalue weighted by Crippen LogP contribution is 2.29. The molecular formula is C13H18ClNOS. The second kappa shape index (κ2) is 6.10. The van der Waals surface area contributed by atoms with E-state index in [0.717, 1.165) is 22.9 Å². The quantitative estimate of drug-likeness (QED) is 0.850. The Morgan fingerprint density at radius 3 is 3.00 bits per heavy atom. The van der Waals surface area contributed by atoms with Gasteiger partial charge in [-0.2, -0.15) is 0 Å². The minimum Gasteiger partial charge on any atom is -0.377 e. The van der Waals surface area contributed by atoms with Crippen molar-refractivity contribution in [3.63, 3.8) is 0 Å². The van der Waals surface area contributed by atoms with Crippen LogP contribution in [0.15, 0.2) is 23.1 Å². The minimum absolute atomic E-state index is 0.0142. The van der Waals surface area contributed by atoms with Gasteiger partial charge in [0.2, 0.25) is 0 Å². The predicted octanol–water partition coefficient (Wildman–Crippen LogP) is 3.63. The van der Waals surface area contributed by atoms with Gasteiger partial charge in [0, 0.05) is 28.3 Å². The lowest BCUT2D eigenvalue weighted by Gasteiger charge is -2.11. The molecule has 0 radical (unpaired) electrons. The summed E-state index contributed by atoms with van der Waals surface area (Å²) in [6.07, 6.45) is 2.78. The molecule has 2 atom stereocenters. The molecule has 0 bridgehead atoms. The summed E-state index contributed by atoms with van der Waals surface area (Å²) in [5.41, 5.74) is 6.83. The molecule has 1 aromatic carbocycles. The summed E-state index contributed by atoms with van der Waals surface area (Å²) in [4.78, 5) is 1.19. The van der Waals surface area contributed by atoms with Crippen LogP contribution in [0.5, 0.6) is 0 Å². The van der Waals surface area contributed by atoms with Crippen molar-refractivity contribution in [1.29, 1.82) is 0 Å². The first-order valence-electron chi connectivity index (χ1n) is 5.96. The van der Waals surface area contributed by atoms with Gasteiger partial charge < -0.3 is 10.5 Å². The summed E-state index contributed by atoms with van der Waals surface area (Å²) in [7, 11) is 0. The van der Waals surface area contributed by atoms with Crippen LogP contribution in [0.25, 0.3) is 0 Å². The molecule has 4 heteroatoms. The third-order valence-electron chi connectivity index (χ3n) is 2.92. The van der Waals surface area contributed by atoms with Gasteiger partial charge in [-0.1, -0.05) is 17.7 Å². The number of benzene rings is 1. The lowest BCUT2D eigenvalue weighted by Crippen LogP contribution is -2.08. The second-order valence-corrected chi connectivity index (χ2v) is 5.92. The maximum Gasteiger partial charge on any atom is 0.0669 e. The molecule has 1 heterocycles. The molecule has 1 aliphatic rings. The maximum atomic E-state index is 6.20. The highest BCUT2D eigenvalue weighted by molar-refractivity contribution is 7.99. The summed E-state index contributed by atoms with van der Waals surface area (Å²) in [6.45, 7) is 2.86. The van der Waals surface area contributed by atoms with Crippen molar-refractivity contribution in [3.05, 3.63) is 28.8 Å². The van der Waals surface area contributed by atoms with Crippen molar-refractivity contribution in [3.8, 4) is 0 Å². The van der Waals surface area contributed by atoms with Gasteiger partial charge in [0.15, 0.2) is 0 Å². The molecule has 0 aromatic heterocycles. The smallest absolute Gasteiger partial charge is 0.0669 e. The Labute approximate surface area is 112 Å². The zero-order valence-electron chi connectivity index (χ0n) is 9.99. The van der Waals surface area contributed by atoms with Gasteiger partial charge in [-0.25, -0.2) is 0 Å². The third-order valence-corrected chi connectivity index (χ3v) is 4.38. The average molecular weight is 272 g/mol. The summed E-state index contributed by atoms with van der Waals surface area (Å²) in [6, 6.07) is 6.09. The zero-order valence-corrected chi connectivity index (χ0v) is 11.6. The van der Waals surface area contributed by atoms with Gasteiger partial charge in [0.05, 0.1) is 6.10 Å². The van der Waals surface area contributed by atoms with Crippen molar-refractivity contribution in [2.24, 2.45) is 5.73 Å². The Morgan fingerprint density at radius 2 is 2.41 bits per heavy atom. The van der Waals surface area contributed by atoms with Crippen LogP contribution >= 0.6 is 23.4 Å². The number of thioether (sulfide) groups is 1. The molecule has 1 saturated heterocycles. The molecule has 0 saturated carbocycles. The molecule has 2 rings (SSSR count). The maximum absolute atomic E-state index is 6.20. The van der Waals surface area contributed by atoms with Crippen molar-refractivity contribution in [2.45, 2.75) is 36.8 Å². The fraction of sp³-hybridized carbons (Fsp3) is 0.538. The topological polar surface area (TPSA) is 35.2 Å². The Hall–Kier alpha value is -0.220. The molecule has 1 aliphatic heterocycles. The number of nitrogens with two attached hydrogens (primary N) is 1. The van der Waals surface area contributed by atoms with E-state index in [1.165, 1.54) is 17.7 Å². The van der Waals surface area contributed by atoms with Gasteiger partial charge in [-0.3, -0.25) is 0 Å². The molecule has 2 nitrogen and oxygen atoms in total. The van der Waals surface area contributed by atoms with Crippen LogP contribution in [0, 0.1) is 0 Å². The van der Waals surface area contributed by atoms with E-state index in [-0.39, 0.29) is 6.04 Å². The molecule has 0 spiro atoms. The number of rotatable bonds is 4. The van der Waals surface area contributed by atoms with Gasteiger partial charge in [-0.15, -0.1) is 11.8 Å². The van der Waals surface area contributed by atoms with E-state index in [0.29, 0.717) is 6.10 Å². The van der Waals surface area contributed by atoms with Crippen LogP contribution in [0.4, 0.5) is 0 Å². The molecule has 0 amide bonds. The van der Waals surface area contributed by atoms with E-state index in [4.69, 9.17) is 22.1 Å². The first-order chi connectivity index (χ1) is 8.16. The van der Waals surface area contributed by atoms with E-state index >= 15 is 0 Å². The van der Waals surface area contributed by atoms with Crippen molar-refractivity contribution < 1.29 is 4.74 Å². The van der Waals surface area contributed by atoms with Crippen LogP contribution in [0.3, 0.4) is 0 Å². The molecule has 2 unspecified atom stereocenters. The monoisotopic (exact) mass is 271 g/mol. The molecule has 0 aliphatic carbocycles. The van der Waals surface area contributed by atoms with Crippen molar-refractivity contribution in [2.75, 3.05) is 12.4 Å². The predicted molar refractivity (Wildman–Crippen MR) is 73.8 cm³/mol. The molecule has 1 fully saturated rings. The van der Waals surface area contributed by atoms with Crippen LogP contribution in [-0.4, -0.2) is 18.5 Å². The summed E-state index contributed by atoms with van der Waals surface area (Å²) >= 11 is 8.00. The zero-order chi connectivity index (χ0) is 12.3. The first kappa shape index (κ1) is 13.2. The number of ether oxygens (including phenoxy) is 1. The molecule has 2 N–H and O–H groups in total. The van der Waals surface area contributed by atoms with E-state index in [2.05, 4.69) is 6.07 Å². The van der Waals surface area contributed by atoms with E-state index in [1.54, 1.807) is 11.8 Å². The lowest BCUT2D eigenvalue weighted by molar-refractivity contribution is 0.129. The van der Waals surface area contributed by atoms with E-state index in [1.807, 2.05) is 19.1 Å². The highest BCUT2D eigenvalue weighted by Gasteiger charge is 2.15. The number of hydrogen-bond donors (Lipinski definition) is 1. The molecule has 17 heavy (non-hydrogen) atoms. The average Bonchev–Trinajstić information content (AvgIpc) is 2.78. The highest BCUT2D eigenvalue weighted by atomic mass is 35.5. The largest absolute Gasteiger partial charge is 0.377 e. The normalized spacial score (nSPS) is 21.7. The summed E-state index contributed by atoms with van der Waals surface area (Å²) in [5.74, 6) is 1.01. The fourth-order valence-corrected chi connectivity index (χ4v) is 3.36. The summed E-state index contributed by atoms with van der Waals surface area (Å²) < 4.78 is 5.59. The molecular weight excluding hydrogens is 254 g/mol. The number of hydrogen-bond acceptors (Lipinski definition) is 3. The van der Waals surface area contributed by atoms with Crippen LogP contribution in [0.2, 0.25) is 5.02 Å². The van der Waals surface area contributed by atoms with Gasteiger partial charge in [0.25, 0.3) is 0 Å². The number of halogens is 1. The summed E-state index contributed by atoms with van der Waals surface area (Å²) in [5, 5.41) is 0.761. The van der Waals surface area contributed by atoms with Crippen LogP contribution < -0.4 is 5.73 Å². The SMILES string of the molecule is CC(N)c1ccc(SCC2CCCO2)cc1Cl. The Balaban J connectivity index is 1.94.